The van der Waals surface area contributed by atoms with Crippen molar-refractivity contribution < 1.29 is 18.0 Å². The predicted octanol–water partition coefficient (Wildman–Crippen LogP) is 0.903. The smallest absolute Gasteiger partial charge is 0.250 e. The molecule has 0 aromatic carbocycles. The van der Waals surface area contributed by atoms with E-state index in [1.165, 1.54) is 6.07 Å². The molecule has 0 aliphatic carbocycles. The Kier molecular flexibility index (Phi) is 4.09. The molecule has 0 saturated carbocycles. The second-order valence-electron chi connectivity index (χ2n) is 4.15. The summed E-state index contributed by atoms with van der Waals surface area (Å²) in [5, 5.41) is 2.11. The monoisotopic (exact) mass is 366 g/mol. The molecule has 2 amide bonds. The minimum absolute atomic E-state index is 0.131. The van der Waals surface area contributed by atoms with E-state index in [4.69, 9.17) is 0 Å². The molecule has 1 unspecified atom stereocenters. The number of halogens is 1. The van der Waals surface area contributed by atoms with Crippen LogP contribution < -0.4 is 10.0 Å². The fourth-order valence-corrected chi connectivity index (χ4v) is 5.09. The van der Waals surface area contributed by atoms with E-state index in [9.17, 15) is 18.0 Å². The first-order valence-corrected chi connectivity index (χ1v) is 8.51. The third kappa shape index (κ3) is 3.22. The van der Waals surface area contributed by atoms with Crippen LogP contribution in [0, 0.1) is 6.92 Å². The molecule has 0 radical (unpaired) electrons. The van der Waals surface area contributed by atoms with E-state index in [2.05, 4.69) is 26.0 Å². The Hall–Kier alpha value is -0.770. The molecular formula is C10H11BrN2O4S2. The summed E-state index contributed by atoms with van der Waals surface area (Å²) in [6.07, 6.45) is 0.307. The molecule has 1 aromatic heterocycles. The van der Waals surface area contributed by atoms with Gasteiger partial charge in [0.2, 0.25) is 11.8 Å². The summed E-state index contributed by atoms with van der Waals surface area (Å²) in [7, 11) is -3.75. The van der Waals surface area contributed by atoms with Crippen molar-refractivity contribution in [2.45, 2.75) is 30.0 Å². The van der Waals surface area contributed by atoms with Gasteiger partial charge in [0, 0.05) is 6.42 Å². The maximum absolute atomic E-state index is 12.1. The fourth-order valence-electron chi connectivity index (χ4n) is 1.62. The minimum atomic E-state index is -3.75. The lowest BCUT2D eigenvalue weighted by Crippen LogP contribution is -2.52. The zero-order chi connectivity index (χ0) is 14.2. The molecule has 1 aliphatic rings. The quantitative estimate of drug-likeness (QED) is 0.777. The molecular weight excluding hydrogens is 356 g/mol. The number of piperidine rings is 1. The highest BCUT2D eigenvalue weighted by molar-refractivity contribution is 9.11. The van der Waals surface area contributed by atoms with E-state index in [-0.39, 0.29) is 23.0 Å². The van der Waals surface area contributed by atoms with Crippen molar-refractivity contribution >= 4 is 49.1 Å². The van der Waals surface area contributed by atoms with Crippen LogP contribution in [0.4, 0.5) is 0 Å². The van der Waals surface area contributed by atoms with Gasteiger partial charge in [-0.05, 0) is 40.9 Å². The summed E-state index contributed by atoms with van der Waals surface area (Å²) in [4.78, 5) is 22.5. The number of nitrogens with one attached hydrogen (secondary N) is 2. The van der Waals surface area contributed by atoms with Gasteiger partial charge in [0.1, 0.15) is 10.3 Å². The Labute approximate surface area is 122 Å². The van der Waals surface area contributed by atoms with Gasteiger partial charge in [0.15, 0.2) is 0 Å². The minimum Gasteiger partial charge on any atom is -0.295 e. The number of imide groups is 1. The molecule has 2 N–H and O–H groups in total. The number of hydrogen-bond acceptors (Lipinski definition) is 5. The zero-order valence-corrected chi connectivity index (χ0v) is 13.1. The third-order valence-corrected chi connectivity index (χ3v) is 6.72. The van der Waals surface area contributed by atoms with E-state index in [0.29, 0.717) is 0 Å². The van der Waals surface area contributed by atoms with Crippen molar-refractivity contribution in [3.05, 3.63) is 15.4 Å². The average Bonchev–Trinajstić information content (AvgIpc) is 2.64. The van der Waals surface area contributed by atoms with Gasteiger partial charge in [-0.15, -0.1) is 11.3 Å². The van der Waals surface area contributed by atoms with E-state index >= 15 is 0 Å². The zero-order valence-electron chi connectivity index (χ0n) is 9.90. The highest BCUT2D eigenvalue weighted by atomic mass is 79.9. The van der Waals surface area contributed by atoms with E-state index < -0.39 is 22.0 Å². The highest BCUT2D eigenvalue weighted by Gasteiger charge is 2.31. The molecule has 1 atom stereocenters. The maximum atomic E-state index is 12.1. The van der Waals surface area contributed by atoms with Crippen LogP contribution >= 0.6 is 27.3 Å². The standard InChI is InChI=1S/C10H11BrN2O4S2/c1-5-4-8(18-9(5)11)19(16,17)13-6-2-3-7(14)12-10(6)15/h4,6,13H,2-3H2,1H3,(H,12,14,15). The lowest BCUT2D eigenvalue weighted by atomic mass is 10.1. The largest absolute Gasteiger partial charge is 0.295 e. The first kappa shape index (κ1) is 14.6. The van der Waals surface area contributed by atoms with E-state index in [1.807, 2.05) is 0 Å². The van der Waals surface area contributed by atoms with Crippen LogP contribution in [0.15, 0.2) is 14.1 Å². The SMILES string of the molecule is Cc1cc(S(=O)(=O)NC2CCC(=O)NC2=O)sc1Br. The molecule has 6 nitrogen and oxygen atoms in total. The Morgan fingerprint density at radius 2 is 2.16 bits per heavy atom. The molecule has 2 rings (SSSR count). The Bertz CT molecular complexity index is 618. The van der Waals surface area contributed by atoms with E-state index in [1.54, 1.807) is 6.92 Å². The number of carbonyl (C=O) groups is 2. The van der Waals surface area contributed by atoms with Gasteiger partial charge >= 0.3 is 0 Å². The number of amides is 2. The van der Waals surface area contributed by atoms with Crippen molar-refractivity contribution in [1.29, 1.82) is 0 Å². The van der Waals surface area contributed by atoms with Crippen LogP contribution in [0.1, 0.15) is 18.4 Å². The summed E-state index contributed by atoms with van der Waals surface area (Å²) >= 11 is 4.34. The average molecular weight is 367 g/mol. The number of rotatable bonds is 3. The lowest BCUT2D eigenvalue weighted by Gasteiger charge is -2.21. The molecule has 2 heterocycles. The number of aryl methyl sites for hydroxylation is 1. The molecule has 1 aliphatic heterocycles. The van der Waals surface area contributed by atoms with Gasteiger partial charge in [-0.1, -0.05) is 0 Å². The molecule has 9 heteroatoms. The Balaban J connectivity index is 2.18. The summed E-state index contributed by atoms with van der Waals surface area (Å²) in [6, 6.07) is 0.632. The van der Waals surface area contributed by atoms with Crippen molar-refractivity contribution in [3.63, 3.8) is 0 Å². The molecule has 1 fully saturated rings. The van der Waals surface area contributed by atoms with Gasteiger partial charge < -0.3 is 0 Å². The van der Waals surface area contributed by atoms with E-state index in [0.717, 1.165) is 20.7 Å². The van der Waals surface area contributed by atoms with Crippen LogP contribution in [-0.4, -0.2) is 26.3 Å². The molecule has 19 heavy (non-hydrogen) atoms. The Morgan fingerprint density at radius 1 is 1.47 bits per heavy atom. The number of hydrogen-bond donors (Lipinski definition) is 2. The number of thiophene rings is 1. The molecule has 104 valence electrons. The van der Waals surface area contributed by atoms with Crippen molar-refractivity contribution in [3.8, 4) is 0 Å². The summed E-state index contributed by atoms with van der Waals surface area (Å²) in [6.45, 7) is 1.78. The van der Waals surface area contributed by atoms with Crippen LogP contribution in [0.2, 0.25) is 0 Å². The van der Waals surface area contributed by atoms with Gasteiger partial charge in [-0.3, -0.25) is 14.9 Å². The second kappa shape index (κ2) is 5.31. The molecule has 1 saturated heterocycles. The molecule has 1 aromatic rings. The number of sulfonamides is 1. The topological polar surface area (TPSA) is 92.3 Å². The lowest BCUT2D eigenvalue weighted by molar-refractivity contribution is -0.134. The van der Waals surface area contributed by atoms with Crippen LogP contribution in [0.3, 0.4) is 0 Å². The van der Waals surface area contributed by atoms with Gasteiger partial charge in [-0.2, -0.15) is 4.72 Å². The normalized spacial score (nSPS) is 20.4. The number of carbonyl (C=O) groups excluding carboxylic acids is 2. The predicted molar refractivity (Wildman–Crippen MR) is 73.2 cm³/mol. The van der Waals surface area contributed by atoms with Crippen LogP contribution in [-0.2, 0) is 19.6 Å². The maximum Gasteiger partial charge on any atom is 0.250 e. The summed E-state index contributed by atoms with van der Waals surface area (Å²) < 4.78 is 27.4. The van der Waals surface area contributed by atoms with Gasteiger partial charge in [0.05, 0.1) is 3.79 Å². The molecule has 0 spiro atoms. The van der Waals surface area contributed by atoms with Crippen LogP contribution in [0.5, 0.6) is 0 Å². The van der Waals surface area contributed by atoms with Crippen molar-refractivity contribution in [2.75, 3.05) is 0 Å². The van der Waals surface area contributed by atoms with Gasteiger partial charge in [-0.25, -0.2) is 8.42 Å². The Morgan fingerprint density at radius 3 is 2.68 bits per heavy atom. The second-order valence-corrected chi connectivity index (χ2v) is 8.46. The first-order chi connectivity index (χ1) is 8.79. The fraction of sp³-hybridized carbons (Fsp3) is 0.400. The van der Waals surface area contributed by atoms with Crippen molar-refractivity contribution in [2.24, 2.45) is 0 Å². The van der Waals surface area contributed by atoms with Gasteiger partial charge in [0.25, 0.3) is 10.0 Å². The summed E-state index contributed by atoms with van der Waals surface area (Å²) in [5.74, 6) is -0.984. The third-order valence-electron chi connectivity index (χ3n) is 2.64. The molecule has 0 bridgehead atoms. The highest BCUT2D eigenvalue weighted by Crippen LogP contribution is 2.30. The summed E-state index contributed by atoms with van der Waals surface area (Å²) in [5.41, 5.74) is 0.814. The van der Waals surface area contributed by atoms with Crippen LogP contribution in [0.25, 0.3) is 0 Å². The first-order valence-electron chi connectivity index (χ1n) is 5.41. The van der Waals surface area contributed by atoms with Crippen molar-refractivity contribution in [1.82, 2.24) is 10.0 Å².